The van der Waals surface area contributed by atoms with E-state index < -0.39 is 23.8 Å². The van der Waals surface area contributed by atoms with Gasteiger partial charge in [-0.25, -0.2) is 4.79 Å². The monoisotopic (exact) mass is 426 g/mol. The van der Waals surface area contributed by atoms with Crippen molar-refractivity contribution in [2.75, 3.05) is 13.2 Å². The number of alkyl halides is 3. The molecule has 1 aliphatic rings. The fourth-order valence-corrected chi connectivity index (χ4v) is 3.14. The molecular weight excluding hydrogens is 408 g/mol. The fourth-order valence-electron chi connectivity index (χ4n) is 2.56. The summed E-state index contributed by atoms with van der Waals surface area (Å²) in [6, 6.07) is 1.26. The molecule has 0 aliphatic carbocycles. The van der Waals surface area contributed by atoms with Gasteiger partial charge in [0.2, 0.25) is 6.10 Å². The van der Waals surface area contributed by atoms with Crippen molar-refractivity contribution < 1.29 is 32.2 Å². The molecule has 1 heterocycles. The number of benzene rings is 1. The van der Waals surface area contributed by atoms with Crippen LogP contribution < -0.4 is 9.47 Å². The third kappa shape index (κ3) is 5.02. The molecule has 2 rings (SSSR count). The topological polar surface area (TPSA) is 44.8 Å². The summed E-state index contributed by atoms with van der Waals surface area (Å²) in [6.45, 7) is 3.75. The molecule has 9 heteroatoms. The number of rotatable bonds is 7. The quantitative estimate of drug-likeness (QED) is 0.406. The van der Waals surface area contributed by atoms with Crippen LogP contribution in [0.5, 0.6) is 11.5 Å². The first-order valence-electron chi connectivity index (χ1n) is 8.47. The molecule has 1 unspecified atom stereocenters. The molecule has 4 nitrogen and oxygen atoms in total. The van der Waals surface area contributed by atoms with Crippen LogP contribution in [0.2, 0.25) is 10.0 Å². The summed E-state index contributed by atoms with van der Waals surface area (Å²) in [5.41, 5.74) is -0.596. The molecule has 0 amide bonds. The normalized spacial score (nSPS) is 16.3. The summed E-state index contributed by atoms with van der Waals surface area (Å²) >= 11 is 12.2. The number of hydrogen-bond acceptors (Lipinski definition) is 4. The largest absolute Gasteiger partial charge is 0.491 e. The highest BCUT2D eigenvalue weighted by molar-refractivity contribution is 6.37. The average Bonchev–Trinajstić information content (AvgIpc) is 2.59. The van der Waals surface area contributed by atoms with Gasteiger partial charge in [0, 0.05) is 0 Å². The van der Waals surface area contributed by atoms with E-state index in [1.165, 1.54) is 13.0 Å². The summed E-state index contributed by atoms with van der Waals surface area (Å²) in [5.74, 6) is -1.24. The lowest BCUT2D eigenvalue weighted by atomic mass is 10.00. The van der Waals surface area contributed by atoms with Crippen molar-refractivity contribution >= 4 is 35.2 Å². The third-order valence-electron chi connectivity index (χ3n) is 3.80. The molecule has 1 aromatic carbocycles. The molecule has 0 radical (unpaired) electrons. The van der Waals surface area contributed by atoms with Gasteiger partial charge in [0.15, 0.2) is 0 Å². The summed E-state index contributed by atoms with van der Waals surface area (Å²) in [4.78, 5) is 12.1. The maximum atomic E-state index is 13.4. The zero-order chi connectivity index (χ0) is 20.2. The minimum atomic E-state index is -4.83. The Labute approximate surface area is 165 Å². The maximum absolute atomic E-state index is 13.4. The van der Waals surface area contributed by atoms with E-state index in [0.717, 1.165) is 25.3 Å². The zero-order valence-corrected chi connectivity index (χ0v) is 16.3. The molecular formula is C18H19Cl2F3O4. The van der Waals surface area contributed by atoms with Crippen molar-refractivity contribution in [3.8, 4) is 11.5 Å². The van der Waals surface area contributed by atoms with Gasteiger partial charge in [-0.05, 0) is 25.5 Å². The van der Waals surface area contributed by atoms with Gasteiger partial charge in [-0.1, -0.05) is 43.0 Å². The van der Waals surface area contributed by atoms with Gasteiger partial charge in [0.25, 0.3) is 0 Å². The molecule has 0 bridgehead atoms. The highest BCUT2D eigenvalue weighted by atomic mass is 35.5. The molecule has 1 aliphatic heterocycles. The summed E-state index contributed by atoms with van der Waals surface area (Å²) in [6.07, 6.45) is -3.66. The molecule has 0 saturated heterocycles. The van der Waals surface area contributed by atoms with Crippen LogP contribution in [0.4, 0.5) is 13.2 Å². The van der Waals surface area contributed by atoms with E-state index in [1.54, 1.807) is 0 Å². The minimum absolute atomic E-state index is 0.0791. The van der Waals surface area contributed by atoms with Crippen molar-refractivity contribution in [1.29, 1.82) is 0 Å². The van der Waals surface area contributed by atoms with E-state index in [2.05, 4.69) is 0 Å². The van der Waals surface area contributed by atoms with Gasteiger partial charge in [-0.3, -0.25) is 0 Å². The molecule has 27 heavy (non-hydrogen) atoms. The molecule has 1 atom stereocenters. The van der Waals surface area contributed by atoms with Crippen molar-refractivity contribution in [3.05, 3.63) is 27.2 Å². The Kier molecular flexibility index (Phi) is 7.28. The number of fused-ring (bicyclic) bond motifs is 1. The highest BCUT2D eigenvalue weighted by Gasteiger charge is 2.49. The lowest BCUT2D eigenvalue weighted by Crippen LogP contribution is -2.41. The average molecular weight is 427 g/mol. The molecule has 1 aromatic rings. The summed E-state index contributed by atoms with van der Waals surface area (Å²) in [5, 5.41) is 0.00748. The van der Waals surface area contributed by atoms with E-state index in [0.29, 0.717) is 6.61 Å². The fraction of sp³-hybridized carbons (Fsp3) is 0.500. The van der Waals surface area contributed by atoms with Gasteiger partial charge in [-0.15, -0.1) is 0 Å². The first-order valence-corrected chi connectivity index (χ1v) is 9.23. The van der Waals surface area contributed by atoms with Crippen LogP contribution in [0, 0.1) is 0 Å². The Morgan fingerprint density at radius 3 is 2.52 bits per heavy atom. The Morgan fingerprint density at radius 1 is 1.22 bits per heavy atom. The number of carbonyl (C=O) groups excluding carboxylic acids is 1. The van der Waals surface area contributed by atoms with Crippen LogP contribution in [0.15, 0.2) is 11.6 Å². The number of esters is 1. The van der Waals surface area contributed by atoms with Crippen LogP contribution in [-0.2, 0) is 9.53 Å². The first kappa shape index (κ1) is 21.7. The molecule has 0 fully saturated rings. The second kappa shape index (κ2) is 9.06. The molecule has 150 valence electrons. The van der Waals surface area contributed by atoms with Gasteiger partial charge < -0.3 is 14.2 Å². The first-order chi connectivity index (χ1) is 12.7. The van der Waals surface area contributed by atoms with Gasteiger partial charge in [-0.2, -0.15) is 13.2 Å². The third-order valence-corrected chi connectivity index (χ3v) is 4.36. The van der Waals surface area contributed by atoms with E-state index in [-0.39, 0.29) is 33.7 Å². The van der Waals surface area contributed by atoms with Crippen LogP contribution in [0.25, 0.3) is 6.08 Å². The minimum Gasteiger partial charge on any atom is -0.491 e. The second-order valence-corrected chi connectivity index (χ2v) is 6.64. The van der Waals surface area contributed by atoms with Crippen molar-refractivity contribution in [2.24, 2.45) is 0 Å². The van der Waals surface area contributed by atoms with Crippen molar-refractivity contribution in [3.63, 3.8) is 0 Å². The molecule has 0 spiro atoms. The molecule has 0 saturated carbocycles. The summed E-state index contributed by atoms with van der Waals surface area (Å²) in [7, 11) is 0. The lowest BCUT2D eigenvalue weighted by molar-refractivity contribution is -0.187. The Morgan fingerprint density at radius 2 is 1.93 bits per heavy atom. The summed E-state index contributed by atoms with van der Waals surface area (Å²) < 4.78 is 55.7. The van der Waals surface area contributed by atoms with Gasteiger partial charge >= 0.3 is 12.1 Å². The second-order valence-electron chi connectivity index (χ2n) is 5.83. The molecule has 0 aromatic heterocycles. The maximum Gasteiger partial charge on any atom is 0.430 e. The number of halogens is 5. The SMILES string of the molecule is CCCCCOc1c(Cl)cc(Cl)c2c1C=C(C(=O)OCC)C(C(F)(F)F)O2. The standard InChI is InChI=1S/C18H19Cl2F3O4/c1-3-5-6-7-26-14-10-8-11(17(24)25-4-2)16(18(21,22)23)27-15(10)13(20)9-12(14)19/h8-9,16H,3-7H2,1-2H3. The van der Waals surface area contributed by atoms with Crippen LogP contribution >= 0.6 is 23.2 Å². The van der Waals surface area contributed by atoms with Crippen LogP contribution in [0.3, 0.4) is 0 Å². The Balaban J connectivity index is 2.51. The smallest absolute Gasteiger partial charge is 0.430 e. The highest BCUT2D eigenvalue weighted by Crippen LogP contribution is 2.47. The zero-order valence-electron chi connectivity index (χ0n) is 14.8. The predicted molar refractivity (Wildman–Crippen MR) is 96.6 cm³/mol. The van der Waals surface area contributed by atoms with E-state index in [4.69, 9.17) is 37.4 Å². The lowest BCUT2D eigenvalue weighted by Gasteiger charge is -2.29. The Bertz CT molecular complexity index is 732. The van der Waals surface area contributed by atoms with Gasteiger partial charge in [0.1, 0.15) is 11.5 Å². The van der Waals surface area contributed by atoms with Gasteiger partial charge in [0.05, 0.1) is 34.4 Å². The molecule has 0 N–H and O–H groups in total. The number of unbranched alkanes of at least 4 members (excludes halogenated alkanes) is 2. The number of carbonyl (C=O) groups is 1. The number of ether oxygens (including phenoxy) is 3. The van der Waals surface area contributed by atoms with Crippen molar-refractivity contribution in [1.82, 2.24) is 0 Å². The van der Waals surface area contributed by atoms with Crippen molar-refractivity contribution in [2.45, 2.75) is 45.4 Å². The van der Waals surface area contributed by atoms with E-state index in [9.17, 15) is 18.0 Å². The van der Waals surface area contributed by atoms with E-state index in [1.807, 2.05) is 6.92 Å². The number of hydrogen-bond donors (Lipinski definition) is 0. The van der Waals surface area contributed by atoms with E-state index >= 15 is 0 Å². The predicted octanol–water partition coefficient (Wildman–Crippen LogP) is 5.83. The Hall–Kier alpha value is -1.60. The van der Waals surface area contributed by atoms with Crippen LogP contribution in [0.1, 0.15) is 38.7 Å². The van der Waals surface area contributed by atoms with Crippen LogP contribution in [-0.4, -0.2) is 31.5 Å².